The summed E-state index contributed by atoms with van der Waals surface area (Å²) in [6.45, 7) is 4.70. The molecule has 0 amide bonds. The number of nitrogens with zero attached hydrogens (tertiary/aromatic N) is 2. The topological polar surface area (TPSA) is 6.48 Å². The zero-order valence-corrected chi connectivity index (χ0v) is 15.0. The molecule has 0 aromatic heterocycles. The summed E-state index contributed by atoms with van der Waals surface area (Å²) in [4.78, 5) is 5.25. The van der Waals surface area contributed by atoms with E-state index in [1.54, 1.807) is 0 Å². The van der Waals surface area contributed by atoms with Gasteiger partial charge in [-0.15, -0.1) is 0 Å². The first-order chi connectivity index (χ1) is 11.3. The highest BCUT2D eigenvalue weighted by molar-refractivity contribution is 9.10. The van der Waals surface area contributed by atoms with Crippen molar-refractivity contribution in [1.82, 2.24) is 4.90 Å². The first-order valence-electron chi connectivity index (χ1n) is 8.61. The molecule has 0 saturated carbocycles. The van der Waals surface area contributed by atoms with Gasteiger partial charge in [-0.05, 0) is 42.5 Å². The van der Waals surface area contributed by atoms with E-state index in [0.717, 1.165) is 6.54 Å². The molecule has 0 radical (unpaired) electrons. The predicted octanol–water partition coefficient (Wildman–Crippen LogP) is 4.48. The van der Waals surface area contributed by atoms with Gasteiger partial charge in [0.2, 0.25) is 0 Å². The van der Waals surface area contributed by atoms with Gasteiger partial charge in [0.15, 0.2) is 0 Å². The molecule has 3 heteroatoms. The van der Waals surface area contributed by atoms with Crippen molar-refractivity contribution in [3.63, 3.8) is 0 Å². The van der Waals surface area contributed by atoms with Crippen LogP contribution in [0.2, 0.25) is 0 Å². The zero-order valence-electron chi connectivity index (χ0n) is 13.4. The Balaban J connectivity index is 1.38. The molecule has 23 heavy (non-hydrogen) atoms. The lowest BCUT2D eigenvalue weighted by molar-refractivity contribution is 0.202. The second-order valence-corrected chi connectivity index (χ2v) is 7.63. The summed E-state index contributed by atoms with van der Waals surface area (Å²) in [7, 11) is 0. The Morgan fingerprint density at radius 1 is 0.957 bits per heavy atom. The maximum atomic E-state index is 3.63. The third kappa shape index (κ3) is 3.31. The summed E-state index contributed by atoms with van der Waals surface area (Å²) in [5, 5.41) is 0. The van der Waals surface area contributed by atoms with Gasteiger partial charge in [-0.25, -0.2) is 0 Å². The number of fused-ring (bicyclic) bond motifs is 1. The highest BCUT2D eigenvalue weighted by atomic mass is 79.9. The molecular weight excluding hydrogens is 348 g/mol. The molecule has 120 valence electrons. The molecule has 2 aromatic carbocycles. The van der Waals surface area contributed by atoms with Crippen LogP contribution in [0.4, 0.5) is 5.69 Å². The van der Waals surface area contributed by atoms with Crippen LogP contribution in [0.3, 0.4) is 0 Å². The molecular formula is C20H23BrN2. The average Bonchev–Trinajstić information content (AvgIpc) is 2.99. The van der Waals surface area contributed by atoms with E-state index in [1.807, 2.05) is 0 Å². The van der Waals surface area contributed by atoms with Gasteiger partial charge >= 0.3 is 0 Å². The highest BCUT2D eigenvalue weighted by Gasteiger charge is 2.29. The summed E-state index contributed by atoms with van der Waals surface area (Å²) in [6, 6.07) is 18.3. The van der Waals surface area contributed by atoms with Gasteiger partial charge in [-0.3, -0.25) is 4.90 Å². The van der Waals surface area contributed by atoms with Crippen molar-refractivity contribution in [2.75, 3.05) is 24.5 Å². The largest absolute Gasteiger partial charge is 0.368 e. The van der Waals surface area contributed by atoms with E-state index in [4.69, 9.17) is 0 Å². The summed E-state index contributed by atoms with van der Waals surface area (Å²) in [6.07, 6.45) is 3.75. The van der Waals surface area contributed by atoms with E-state index < -0.39 is 0 Å². The number of hydrogen-bond donors (Lipinski definition) is 0. The van der Waals surface area contributed by atoms with Crippen molar-refractivity contribution in [3.8, 4) is 0 Å². The number of rotatable bonds is 3. The van der Waals surface area contributed by atoms with Crippen LogP contribution in [0, 0.1) is 0 Å². The van der Waals surface area contributed by atoms with Crippen LogP contribution >= 0.6 is 15.9 Å². The van der Waals surface area contributed by atoms with Gasteiger partial charge in [-0.1, -0.05) is 52.3 Å². The van der Waals surface area contributed by atoms with E-state index in [9.17, 15) is 0 Å². The van der Waals surface area contributed by atoms with Crippen LogP contribution in [-0.4, -0.2) is 30.6 Å². The van der Waals surface area contributed by atoms with Crippen LogP contribution in [0.25, 0.3) is 0 Å². The predicted molar refractivity (Wildman–Crippen MR) is 99.9 cm³/mol. The quantitative estimate of drug-likeness (QED) is 0.785. The Morgan fingerprint density at radius 3 is 2.52 bits per heavy atom. The van der Waals surface area contributed by atoms with E-state index in [2.05, 4.69) is 74.3 Å². The third-order valence-electron chi connectivity index (χ3n) is 5.23. The van der Waals surface area contributed by atoms with E-state index in [-0.39, 0.29) is 0 Å². The molecule has 2 aromatic rings. The van der Waals surface area contributed by atoms with Crippen LogP contribution in [0.1, 0.15) is 24.0 Å². The first-order valence-corrected chi connectivity index (χ1v) is 9.40. The first kappa shape index (κ1) is 15.2. The SMILES string of the molecule is Brc1ccc2c(c1)N(C1CCN(Cc3ccccc3)CC1)CC2. The number of hydrogen-bond acceptors (Lipinski definition) is 2. The molecule has 0 atom stereocenters. The molecule has 2 aliphatic heterocycles. The molecule has 1 saturated heterocycles. The molecule has 4 rings (SSSR count). The van der Waals surface area contributed by atoms with E-state index in [1.165, 1.54) is 60.2 Å². The maximum Gasteiger partial charge on any atom is 0.0413 e. The summed E-state index contributed by atoms with van der Waals surface area (Å²) < 4.78 is 1.20. The Bertz CT molecular complexity index is 663. The third-order valence-corrected chi connectivity index (χ3v) is 5.72. The van der Waals surface area contributed by atoms with Crippen molar-refractivity contribution in [3.05, 3.63) is 64.1 Å². The number of likely N-dealkylation sites (tertiary alicyclic amines) is 1. The second-order valence-electron chi connectivity index (χ2n) is 6.71. The molecule has 0 unspecified atom stereocenters. The van der Waals surface area contributed by atoms with Crippen molar-refractivity contribution >= 4 is 21.6 Å². The Kier molecular flexibility index (Phi) is 4.41. The van der Waals surface area contributed by atoms with Gasteiger partial charge in [0.05, 0.1) is 0 Å². The second kappa shape index (κ2) is 6.66. The van der Waals surface area contributed by atoms with Crippen LogP contribution in [-0.2, 0) is 13.0 Å². The monoisotopic (exact) mass is 370 g/mol. The summed E-state index contributed by atoms with van der Waals surface area (Å²) in [5.41, 5.74) is 4.40. The lowest BCUT2D eigenvalue weighted by Gasteiger charge is -2.38. The van der Waals surface area contributed by atoms with Gasteiger partial charge in [0.1, 0.15) is 0 Å². The highest BCUT2D eigenvalue weighted by Crippen LogP contribution is 2.34. The normalized spacial score (nSPS) is 19.1. The fraction of sp³-hybridized carbons (Fsp3) is 0.400. The molecule has 2 heterocycles. The molecule has 2 aliphatic rings. The smallest absolute Gasteiger partial charge is 0.0413 e. The van der Waals surface area contributed by atoms with E-state index in [0.29, 0.717) is 6.04 Å². The van der Waals surface area contributed by atoms with Crippen LogP contribution in [0.15, 0.2) is 53.0 Å². The lowest BCUT2D eigenvalue weighted by Crippen LogP contribution is -2.44. The van der Waals surface area contributed by atoms with Crippen molar-refractivity contribution in [1.29, 1.82) is 0 Å². The van der Waals surface area contributed by atoms with Crippen LogP contribution in [0.5, 0.6) is 0 Å². The summed E-state index contributed by atoms with van der Waals surface area (Å²) in [5.74, 6) is 0. The number of piperidine rings is 1. The van der Waals surface area contributed by atoms with Crippen molar-refractivity contribution in [2.24, 2.45) is 0 Å². The Hall–Kier alpha value is -1.32. The van der Waals surface area contributed by atoms with Gasteiger partial charge in [-0.2, -0.15) is 0 Å². The Labute approximate surface area is 147 Å². The van der Waals surface area contributed by atoms with Gasteiger partial charge < -0.3 is 4.90 Å². The number of halogens is 1. The fourth-order valence-electron chi connectivity index (χ4n) is 3.99. The molecule has 1 fully saturated rings. The van der Waals surface area contributed by atoms with Crippen molar-refractivity contribution < 1.29 is 0 Å². The molecule has 0 bridgehead atoms. The molecule has 2 nitrogen and oxygen atoms in total. The van der Waals surface area contributed by atoms with Gasteiger partial charge in [0, 0.05) is 42.4 Å². The molecule has 0 spiro atoms. The standard InChI is InChI=1S/C20H23BrN2/c21-18-7-6-17-8-13-23(20(17)14-18)19-9-11-22(12-10-19)15-16-4-2-1-3-5-16/h1-7,14,19H,8-13,15H2. The number of benzene rings is 2. The average molecular weight is 371 g/mol. The zero-order chi connectivity index (χ0) is 15.6. The van der Waals surface area contributed by atoms with Crippen LogP contribution < -0.4 is 4.90 Å². The minimum Gasteiger partial charge on any atom is -0.368 e. The Morgan fingerprint density at radius 2 is 1.74 bits per heavy atom. The minimum atomic E-state index is 0.706. The summed E-state index contributed by atoms with van der Waals surface area (Å²) >= 11 is 3.63. The molecule has 0 N–H and O–H groups in total. The lowest BCUT2D eigenvalue weighted by atomic mass is 10.0. The number of anilines is 1. The molecule has 0 aliphatic carbocycles. The van der Waals surface area contributed by atoms with Gasteiger partial charge in [0.25, 0.3) is 0 Å². The van der Waals surface area contributed by atoms with Crippen molar-refractivity contribution in [2.45, 2.75) is 31.8 Å². The minimum absolute atomic E-state index is 0.706. The maximum absolute atomic E-state index is 3.63. The van der Waals surface area contributed by atoms with E-state index >= 15 is 0 Å². The fourth-order valence-corrected chi connectivity index (χ4v) is 4.34.